The van der Waals surface area contributed by atoms with Crippen molar-refractivity contribution in [1.82, 2.24) is 5.32 Å². The molecule has 0 radical (unpaired) electrons. The maximum absolute atomic E-state index is 11.8. The lowest BCUT2D eigenvalue weighted by molar-refractivity contribution is -0.173. The van der Waals surface area contributed by atoms with Crippen molar-refractivity contribution in [3.8, 4) is 0 Å². The molecule has 0 heterocycles. The molecule has 0 aliphatic heterocycles. The average Bonchev–Trinajstić information content (AvgIpc) is 2.37. The average molecular weight is 293 g/mol. The van der Waals surface area contributed by atoms with Gasteiger partial charge in [-0.15, -0.1) is 11.8 Å². The topological polar surface area (TPSA) is 21.3 Å². The summed E-state index contributed by atoms with van der Waals surface area (Å²) in [4.78, 5) is 1.18. The Labute approximate surface area is 115 Å². The molecule has 0 amide bonds. The molecule has 1 aromatic carbocycles. The van der Waals surface area contributed by atoms with Crippen LogP contribution < -0.4 is 5.32 Å². The number of halogens is 3. The van der Waals surface area contributed by atoms with Crippen LogP contribution in [-0.4, -0.2) is 32.2 Å². The van der Waals surface area contributed by atoms with Crippen LogP contribution in [-0.2, 0) is 4.74 Å². The minimum absolute atomic E-state index is 0.0484. The van der Waals surface area contributed by atoms with Gasteiger partial charge in [0.15, 0.2) is 0 Å². The second-order valence-electron chi connectivity index (χ2n) is 4.12. The molecule has 19 heavy (non-hydrogen) atoms. The zero-order valence-electron chi connectivity index (χ0n) is 11.0. The van der Waals surface area contributed by atoms with E-state index in [-0.39, 0.29) is 12.6 Å². The third-order valence-corrected chi connectivity index (χ3v) is 3.32. The van der Waals surface area contributed by atoms with Crippen molar-refractivity contribution >= 4 is 11.8 Å². The van der Waals surface area contributed by atoms with Crippen molar-refractivity contribution in [1.29, 1.82) is 0 Å². The van der Waals surface area contributed by atoms with Crippen molar-refractivity contribution in [3.05, 3.63) is 29.8 Å². The molecule has 0 aromatic heterocycles. The lowest BCUT2D eigenvalue weighted by Crippen LogP contribution is -2.25. The second-order valence-corrected chi connectivity index (χ2v) is 5.00. The summed E-state index contributed by atoms with van der Waals surface area (Å²) < 4.78 is 40.0. The lowest BCUT2D eigenvalue weighted by atomic mass is 10.1. The van der Waals surface area contributed by atoms with E-state index in [1.54, 1.807) is 11.8 Å². The summed E-state index contributed by atoms with van der Waals surface area (Å²) in [6.45, 7) is 1.22. The summed E-state index contributed by atoms with van der Waals surface area (Å²) in [5.41, 5.74) is 1.11. The van der Waals surface area contributed by atoms with Crippen LogP contribution in [0.4, 0.5) is 13.2 Å². The molecule has 1 unspecified atom stereocenters. The lowest BCUT2D eigenvalue weighted by Gasteiger charge is -2.15. The number of rotatable bonds is 7. The first-order valence-corrected chi connectivity index (χ1v) is 7.16. The van der Waals surface area contributed by atoms with Gasteiger partial charge in [0, 0.05) is 17.5 Å². The molecule has 0 saturated heterocycles. The Bertz CT molecular complexity index is 367. The fourth-order valence-electron chi connectivity index (χ4n) is 1.55. The molecule has 1 rings (SSSR count). The quantitative estimate of drug-likeness (QED) is 0.612. The van der Waals surface area contributed by atoms with Gasteiger partial charge in [-0.25, -0.2) is 0 Å². The van der Waals surface area contributed by atoms with E-state index in [0.717, 1.165) is 5.56 Å². The Morgan fingerprint density at radius 3 is 2.42 bits per heavy atom. The number of ether oxygens (including phenoxy) is 1. The van der Waals surface area contributed by atoms with Crippen LogP contribution in [0.2, 0.25) is 0 Å². The Morgan fingerprint density at radius 1 is 1.26 bits per heavy atom. The van der Waals surface area contributed by atoms with E-state index in [9.17, 15) is 13.2 Å². The van der Waals surface area contributed by atoms with E-state index in [2.05, 4.69) is 10.1 Å². The van der Waals surface area contributed by atoms with Gasteiger partial charge >= 0.3 is 6.18 Å². The van der Waals surface area contributed by atoms with Crippen LogP contribution in [0, 0.1) is 0 Å². The number of benzene rings is 1. The van der Waals surface area contributed by atoms with E-state index >= 15 is 0 Å². The molecule has 2 nitrogen and oxygen atoms in total. The number of thioether (sulfide) groups is 1. The zero-order valence-corrected chi connectivity index (χ0v) is 11.8. The third kappa shape index (κ3) is 6.84. The van der Waals surface area contributed by atoms with Gasteiger partial charge < -0.3 is 10.1 Å². The van der Waals surface area contributed by atoms with Crippen LogP contribution >= 0.6 is 11.8 Å². The van der Waals surface area contributed by atoms with Gasteiger partial charge in [-0.2, -0.15) is 13.2 Å². The molecular weight excluding hydrogens is 275 g/mol. The van der Waals surface area contributed by atoms with Crippen LogP contribution in [0.5, 0.6) is 0 Å². The van der Waals surface area contributed by atoms with Crippen molar-refractivity contribution in [2.75, 3.05) is 26.0 Å². The summed E-state index contributed by atoms with van der Waals surface area (Å²) in [6, 6.07) is 8.17. The monoisotopic (exact) mass is 293 g/mol. The molecule has 108 valence electrons. The summed E-state index contributed by atoms with van der Waals surface area (Å²) in [5.74, 6) is 0. The fraction of sp³-hybridized carbons (Fsp3) is 0.538. The van der Waals surface area contributed by atoms with Crippen molar-refractivity contribution < 1.29 is 17.9 Å². The molecule has 0 aliphatic rings. The second kappa shape index (κ2) is 7.77. The Kier molecular flexibility index (Phi) is 6.68. The number of nitrogens with one attached hydrogen (secondary N) is 1. The van der Waals surface area contributed by atoms with E-state index in [1.807, 2.05) is 37.4 Å². The van der Waals surface area contributed by atoms with E-state index in [0.29, 0.717) is 6.54 Å². The highest BCUT2D eigenvalue weighted by atomic mass is 32.2. The maximum Gasteiger partial charge on any atom is 0.411 e. The normalized spacial score (nSPS) is 13.5. The van der Waals surface area contributed by atoms with E-state index < -0.39 is 12.8 Å². The smallest absolute Gasteiger partial charge is 0.371 e. The SMILES string of the molecule is CSc1ccc(C(C)NCCOCC(F)(F)F)cc1. The largest absolute Gasteiger partial charge is 0.411 e. The Hall–Kier alpha value is -0.720. The van der Waals surface area contributed by atoms with E-state index in [1.165, 1.54) is 4.90 Å². The van der Waals surface area contributed by atoms with Gasteiger partial charge in [0.1, 0.15) is 6.61 Å². The standard InChI is InChI=1S/C13H18F3NOS/c1-10(11-3-5-12(19-2)6-4-11)17-7-8-18-9-13(14,15)16/h3-6,10,17H,7-9H2,1-2H3. The minimum atomic E-state index is -4.25. The van der Waals surface area contributed by atoms with Crippen molar-refractivity contribution in [2.45, 2.75) is 24.0 Å². The summed E-state index contributed by atoms with van der Waals surface area (Å²) in [7, 11) is 0. The molecule has 1 atom stereocenters. The molecule has 0 saturated carbocycles. The maximum atomic E-state index is 11.8. The first-order valence-electron chi connectivity index (χ1n) is 5.94. The first kappa shape index (κ1) is 16.3. The molecular formula is C13H18F3NOS. The number of hydrogen-bond acceptors (Lipinski definition) is 3. The predicted molar refractivity (Wildman–Crippen MR) is 71.5 cm³/mol. The highest BCUT2D eigenvalue weighted by molar-refractivity contribution is 7.98. The van der Waals surface area contributed by atoms with Crippen LogP contribution in [0.1, 0.15) is 18.5 Å². The van der Waals surface area contributed by atoms with Gasteiger partial charge in [-0.1, -0.05) is 12.1 Å². The molecule has 0 aliphatic carbocycles. The van der Waals surface area contributed by atoms with Gasteiger partial charge in [-0.05, 0) is 30.9 Å². The van der Waals surface area contributed by atoms with Gasteiger partial charge in [0.2, 0.25) is 0 Å². The van der Waals surface area contributed by atoms with Crippen molar-refractivity contribution in [3.63, 3.8) is 0 Å². The van der Waals surface area contributed by atoms with Crippen molar-refractivity contribution in [2.24, 2.45) is 0 Å². The first-order chi connectivity index (χ1) is 8.92. The van der Waals surface area contributed by atoms with E-state index in [4.69, 9.17) is 0 Å². The van der Waals surface area contributed by atoms with Crippen LogP contribution in [0.3, 0.4) is 0 Å². The van der Waals surface area contributed by atoms with Crippen LogP contribution in [0.25, 0.3) is 0 Å². The number of hydrogen-bond donors (Lipinski definition) is 1. The highest BCUT2D eigenvalue weighted by Crippen LogP contribution is 2.18. The van der Waals surface area contributed by atoms with Crippen LogP contribution in [0.15, 0.2) is 29.2 Å². The molecule has 1 N–H and O–H groups in total. The third-order valence-electron chi connectivity index (χ3n) is 2.58. The summed E-state index contributed by atoms with van der Waals surface area (Å²) >= 11 is 1.67. The molecule has 6 heteroatoms. The van der Waals surface area contributed by atoms with Gasteiger partial charge in [-0.3, -0.25) is 0 Å². The Morgan fingerprint density at radius 2 is 1.89 bits per heavy atom. The summed E-state index contributed by atoms with van der Waals surface area (Å²) in [5, 5.41) is 3.12. The molecule has 0 spiro atoms. The number of alkyl halides is 3. The fourth-order valence-corrected chi connectivity index (χ4v) is 1.95. The predicted octanol–water partition coefficient (Wildman–Crippen LogP) is 3.64. The van der Waals surface area contributed by atoms with Gasteiger partial charge in [0.25, 0.3) is 0 Å². The Balaban J connectivity index is 2.25. The summed E-state index contributed by atoms with van der Waals surface area (Å²) in [6.07, 6.45) is -2.24. The zero-order chi connectivity index (χ0) is 14.3. The molecule has 0 bridgehead atoms. The molecule has 0 fully saturated rings. The molecule has 1 aromatic rings. The van der Waals surface area contributed by atoms with Gasteiger partial charge in [0.05, 0.1) is 6.61 Å². The minimum Gasteiger partial charge on any atom is -0.371 e. The highest BCUT2D eigenvalue weighted by Gasteiger charge is 2.27.